The minimum atomic E-state index is -0.449. The molecule has 2 rings (SSSR count). The first-order valence-electron chi connectivity index (χ1n) is 10.3. The summed E-state index contributed by atoms with van der Waals surface area (Å²) < 4.78 is 5.18. The van der Waals surface area contributed by atoms with Gasteiger partial charge in [0.15, 0.2) is 0 Å². The number of nitrogens with zero attached hydrogens (tertiary/aromatic N) is 1. The molecule has 0 saturated carbocycles. The van der Waals surface area contributed by atoms with Crippen molar-refractivity contribution in [2.45, 2.75) is 45.6 Å². The number of benzene rings is 1. The van der Waals surface area contributed by atoms with Gasteiger partial charge >= 0.3 is 0 Å². The van der Waals surface area contributed by atoms with Crippen LogP contribution < -0.4 is 0 Å². The fourth-order valence-electron chi connectivity index (χ4n) is 3.97. The molecule has 2 atom stereocenters. The number of likely N-dealkylation sites (tertiary alicyclic amines) is 1. The van der Waals surface area contributed by atoms with Crippen molar-refractivity contribution < 1.29 is 14.9 Å². The van der Waals surface area contributed by atoms with E-state index in [1.807, 2.05) is 6.07 Å². The van der Waals surface area contributed by atoms with Gasteiger partial charge in [0.25, 0.3) is 0 Å². The van der Waals surface area contributed by atoms with Crippen LogP contribution in [0.4, 0.5) is 0 Å². The summed E-state index contributed by atoms with van der Waals surface area (Å²) in [4.78, 5) is 2.40. The average molecular weight is 376 g/mol. The second kappa shape index (κ2) is 11.0. The van der Waals surface area contributed by atoms with Gasteiger partial charge in [-0.25, -0.2) is 0 Å². The van der Waals surface area contributed by atoms with Gasteiger partial charge in [-0.15, -0.1) is 0 Å². The van der Waals surface area contributed by atoms with Gasteiger partial charge in [0.1, 0.15) is 0 Å². The molecule has 0 aromatic heterocycles. The van der Waals surface area contributed by atoms with Gasteiger partial charge in [0.2, 0.25) is 0 Å². The Morgan fingerprint density at radius 2 is 2.07 bits per heavy atom. The van der Waals surface area contributed by atoms with Crippen LogP contribution in [-0.4, -0.2) is 61.2 Å². The summed E-state index contributed by atoms with van der Waals surface area (Å²) in [5, 5.41) is 20.7. The molecule has 0 unspecified atom stereocenters. The Bertz CT molecular complexity index is 572. The van der Waals surface area contributed by atoms with Gasteiger partial charge in [-0.3, -0.25) is 4.90 Å². The Morgan fingerprint density at radius 3 is 2.70 bits per heavy atom. The van der Waals surface area contributed by atoms with E-state index in [1.165, 1.54) is 11.1 Å². The summed E-state index contributed by atoms with van der Waals surface area (Å²) in [5.41, 5.74) is 2.15. The van der Waals surface area contributed by atoms with Crippen LogP contribution in [0.1, 0.15) is 45.1 Å². The quantitative estimate of drug-likeness (QED) is 0.614. The standard InChI is InChI=1S/C23H37NO3/c1-19(2)10-11-21(20-8-5-4-6-9-20)16-24-14-12-22(26)23(17-24,18-25)13-7-15-27-3/h4-6,8-9,11,19,22,25-26H,7,10,12-18H2,1-3H3/b21-11+/t22-,23+/m1/s1. The molecule has 2 N–H and O–H groups in total. The zero-order valence-electron chi connectivity index (χ0n) is 17.2. The molecule has 0 bridgehead atoms. The predicted octanol–water partition coefficient (Wildman–Crippen LogP) is 3.59. The second-order valence-electron chi connectivity index (χ2n) is 8.36. The van der Waals surface area contributed by atoms with Crippen LogP contribution in [0.5, 0.6) is 0 Å². The predicted molar refractivity (Wildman–Crippen MR) is 112 cm³/mol. The van der Waals surface area contributed by atoms with E-state index in [4.69, 9.17) is 4.74 Å². The number of hydrogen-bond acceptors (Lipinski definition) is 4. The number of hydrogen-bond donors (Lipinski definition) is 2. The van der Waals surface area contributed by atoms with Crippen molar-refractivity contribution in [2.75, 3.05) is 40.0 Å². The van der Waals surface area contributed by atoms with Crippen molar-refractivity contribution in [3.8, 4) is 0 Å². The van der Waals surface area contributed by atoms with E-state index in [0.29, 0.717) is 18.9 Å². The fourth-order valence-corrected chi connectivity index (χ4v) is 3.97. The van der Waals surface area contributed by atoms with Crippen LogP contribution in [0.15, 0.2) is 36.4 Å². The smallest absolute Gasteiger partial charge is 0.0642 e. The average Bonchev–Trinajstić information content (AvgIpc) is 2.68. The Morgan fingerprint density at radius 1 is 1.33 bits per heavy atom. The maximum Gasteiger partial charge on any atom is 0.0642 e. The lowest BCUT2D eigenvalue weighted by Crippen LogP contribution is -2.54. The van der Waals surface area contributed by atoms with Gasteiger partial charge < -0.3 is 14.9 Å². The Hall–Kier alpha value is -1.20. The second-order valence-corrected chi connectivity index (χ2v) is 8.36. The molecule has 0 radical (unpaired) electrons. The maximum absolute atomic E-state index is 10.6. The van der Waals surface area contributed by atoms with Gasteiger partial charge in [-0.05, 0) is 42.7 Å². The van der Waals surface area contributed by atoms with Crippen LogP contribution in [0.3, 0.4) is 0 Å². The third-order valence-corrected chi connectivity index (χ3v) is 5.68. The Balaban J connectivity index is 2.13. The highest BCUT2D eigenvalue weighted by Gasteiger charge is 2.41. The van der Waals surface area contributed by atoms with Crippen LogP contribution in [-0.2, 0) is 4.74 Å². The van der Waals surface area contributed by atoms with Crippen molar-refractivity contribution in [1.29, 1.82) is 0 Å². The van der Waals surface area contributed by atoms with Crippen molar-refractivity contribution in [3.63, 3.8) is 0 Å². The summed E-state index contributed by atoms with van der Waals surface area (Å²) in [5.74, 6) is 0.623. The Kier molecular flexibility index (Phi) is 8.97. The minimum Gasteiger partial charge on any atom is -0.396 e. The largest absolute Gasteiger partial charge is 0.396 e. The van der Waals surface area contributed by atoms with E-state index in [1.54, 1.807) is 7.11 Å². The highest BCUT2D eigenvalue weighted by atomic mass is 16.5. The topological polar surface area (TPSA) is 52.9 Å². The van der Waals surface area contributed by atoms with E-state index >= 15 is 0 Å². The molecule has 4 heteroatoms. The number of methoxy groups -OCH3 is 1. The van der Waals surface area contributed by atoms with Crippen LogP contribution >= 0.6 is 0 Å². The minimum absolute atomic E-state index is 0.0186. The molecule has 1 aliphatic rings. The molecule has 1 saturated heterocycles. The molecular weight excluding hydrogens is 338 g/mol. The third-order valence-electron chi connectivity index (χ3n) is 5.68. The van der Waals surface area contributed by atoms with E-state index < -0.39 is 11.5 Å². The number of rotatable bonds is 10. The zero-order chi connectivity index (χ0) is 19.7. The first kappa shape index (κ1) is 22.1. The highest BCUT2D eigenvalue weighted by Crippen LogP contribution is 2.35. The third kappa shape index (κ3) is 6.42. The van der Waals surface area contributed by atoms with E-state index in [0.717, 1.165) is 38.9 Å². The molecule has 0 aliphatic carbocycles. The van der Waals surface area contributed by atoms with Crippen LogP contribution in [0.2, 0.25) is 0 Å². The van der Waals surface area contributed by atoms with Gasteiger partial charge in [0, 0.05) is 38.8 Å². The van der Waals surface area contributed by atoms with Gasteiger partial charge in [0.05, 0.1) is 12.7 Å². The molecule has 1 aromatic rings. The highest BCUT2D eigenvalue weighted by molar-refractivity contribution is 5.66. The summed E-state index contributed by atoms with van der Waals surface area (Å²) in [6, 6.07) is 10.6. The number of aliphatic hydroxyl groups excluding tert-OH is 2. The summed E-state index contributed by atoms with van der Waals surface area (Å²) in [6.45, 7) is 7.60. The SMILES string of the molecule is COCCC[C@@]1(CO)CN(C/C(=C\CC(C)C)c2ccccc2)CC[C@H]1O. The number of piperidine rings is 1. The van der Waals surface area contributed by atoms with Crippen molar-refractivity contribution in [2.24, 2.45) is 11.3 Å². The molecule has 1 heterocycles. The molecule has 0 spiro atoms. The molecule has 152 valence electrons. The van der Waals surface area contributed by atoms with E-state index in [2.05, 4.69) is 49.1 Å². The molecule has 27 heavy (non-hydrogen) atoms. The van der Waals surface area contributed by atoms with E-state index in [-0.39, 0.29) is 6.61 Å². The number of ether oxygens (including phenoxy) is 1. The van der Waals surface area contributed by atoms with Crippen LogP contribution in [0.25, 0.3) is 5.57 Å². The molecular formula is C23H37NO3. The molecule has 4 nitrogen and oxygen atoms in total. The lowest BCUT2D eigenvalue weighted by atomic mass is 9.74. The van der Waals surface area contributed by atoms with Crippen LogP contribution in [0, 0.1) is 11.3 Å². The Labute approximate surface area is 164 Å². The number of aliphatic hydroxyl groups is 2. The first-order chi connectivity index (χ1) is 13.0. The lowest BCUT2D eigenvalue weighted by Gasteiger charge is -2.45. The summed E-state index contributed by atoms with van der Waals surface area (Å²) in [7, 11) is 1.70. The summed E-state index contributed by atoms with van der Waals surface area (Å²) in [6.07, 6.45) is 5.31. The number of allylic oxidation sites excluding steroid dienone is 1. The van der Waals surface area contributed by atoms with E-state index in [9.17, 15) is 10.2 Å². The van der Waals surface area contributed by atoms with Gasteiger partial charge in [-0.2, -0.15) is 0 Å². The fraction of sp³-hybridized carbons (Fsp3) is 0.652. The lowest BCUT2D eigenvalue weighted by molar-refractivity contribution is -0.0795. The molecule has 0 amide bonds. The molecule has 1 fully saturated rings. The molecule has 1 aliphatic heterocycles. The van der Waals surface area contributed by atoms with Crippen molar-refractivity contribution in [3.05, 3.63) is 42.0 Å². The maximum atomic E-state index is 10.6. The van der Waals surface area contributed by atoms with Gasteiger partial charge in [-0.1, -0.05) is 50.3 Å². The van der Waals surface area contributed by atoms with Crippen molar-refractivity contribution >= 4 is 5.57 Å². The molecule has 1 aromatic carbocycles. The first-order valence-corrected chi connectivity index (χ1v) is 10.3. The monoisotopic (exact) mass is 375 g/mol. The normalized spacial score (nSPS) is 24.5. The van der Waals surface area contributed by atoms with Crippen molar-refractivity contribution in [1.82, 2.24) is 4.90 Å². The summed E-state index contributed by atoms with van der Waals surface area (Å²) >= 11 is 0. The zero-order valence-corrected chi connectivity index (χ0v) is 17.2.